The van der Waals surface area contributed by atoms with Crippen LogP contribution in [0, 0.1) is 0 Å². The van der Waals surface area contributed by atoms with Crippen LogP contribution in [0.2, 0.25) is 0 Å². The van der Waals surface area contributed by atoms with Gasteiger partial charge >= 0.3 is 250 Å². The summed E-state index contributed by atoms with van der Waals surface area (Å²) < 4.78 is 14.8. The van der Waals surface area contributed by atoms with Crippen molar-refractivity contribution in [1.82, 2.24) is 0 Å². The van der Waals surface area contributed by atoms with Crippen molar-refractivity contribution in [2.75, 3.05) is 0 Å². The van der Waals surface area contributed by atoms with E-state index in [9.17, 15) is 0 Å². The quantitative estimate of drug-likeness (QED) is 0.174. The Hall–Kier alpha value is -4.05. The second-order valence-corrected chi connectivity index (χ2v) is 16.1. The molecule has 1 atom stereocenters. The Bertz CT molecular complexity index is 2460. The van der Waals surface area contributed by atoms with Gasteiger partial charge in [0.1, 0.15) is 0 Å². The second-order valence-electron chi connectivity index (χ2n) is 10.7. The minimum absolute atomic E-state index is 1.04. The fraction of sp³-hybridized carbons (Fsp3) is 0. The standard InChI is InChI=1S/C37H20OS2Se/c1-3-7-32-25(5-1)27-17-22(10-14-34(27)39-32)21-9-13-31-29(19-21)37-30-20-24(12-16-36(30)41(37)38-31)23-11-15-35-28(18-23)26-6-2-4-8-33(26)40-35/h1-20H. The second kappa shape index (κ2) is 8.25. The molecular weight excluding hydrogens is 604 g/mol. The topological polar surface area (TPSA) is 9.23 Å². The van der Waals surface area contributed by atoms with Crippen LogP contribution >= 0.6 is 22.7 Å². The number of hydrogen-bond acceptors (Lipinski definition) is 3. The zero-order valence-electron chi connectivity index (χ0n) is 21.7. The molecule has 41 heavy (non-hydrogen) atoms. The van der Waals surface area contributed by atoms with E-state index in [0.717, 1.165) is 5.75 Å². The molecule has 4 heterocycles. The fourth-order valence-electron chi connectivity index (χ4n) is 6.40. The minimum atomic E-state index is -1.42. The average molecular weight is 624 g/mol. The van der Waals surface area contributed by atoms with E-state index in [1.807, 2.05) is 22.7 Å². The molecule has 1 nitrogen and oxygen atoms in total. The van der Waals surface area contributed by atoms with Gasteiger partial charge in [0, 0.05) is 0 Å². The summed E-state index contributed by atoms with van der Waals surface area (Å²) in [6.07, 6.45) is 0. The summed E-state index contributed by atoms with van der Waals surface area (Å²) in [5.41, 5.74) is 7.72. The molecule has 2 aliphatic heterocycles. The maximum atomic E-state index is 6.57. The van der Waals surface area contributed by atoms with E-state index in [2.05, 4.69) is 121 Å². The van der Waals surface area contributed by atoms with Gasteiger partial charge in [0.25, 0.3) is 0 Å². The summed E-state index contributed by atoms with van der Waals surface area (Å²) in [5, 5.41) is 5.37. The van der Waals surface area contributed by atoms with Gasteiger partial charge in [-0.25, -0.2) is 0 Å². The zero-order valence-corrected chi connectivity index (χ0v) is 25.0. The summed E-state index contributed by atoms with van der Waals surface area (Å²) >= 11 is 2.32. The van der Waals surface area contributed by atoms with Gasteiger partial charge in [-0.1, -0.05) is 0 Å². The number of fused-ring (bicyclic) bond motifs is 11. The summed E-state index contributed by atoms with van der Waals surface area (Å²) in [6, 6.07) is 45.1. The average Bonchev–Trinajstić information content (AvgIpc) is 3.68. The molecule has 0 radical (unpaired) electrons. The van der Waals surface area contributed by atoms with Gasteiger partial charge in [-0.2, -0.15) is 0 Å². The van der Waals surface area contributed by atoms with Gasteiger partial charge in [0.2, 0.25) is 0 Å². The number of rotatable bonds is 2. The van der Waals surface area contributed by atoms with Crippen molar-refractivity contribution in [3.05, 3.63) is 132 Å². The summed E-state index contributed by atoms with van der Waals surface area (Å²) in [7, 11) is 0. The first-order valence-electron chi connectivity index (χ1n) is 13.7. The third-order valence-electron chi connectivity index (χ3n) is 8.43. The van der Waals surface area contributed by atoms with Crippen molar-refractivity contribution < 1.29 is 3.82 Å². The molecule has 0 N–H and O–H groups in total. The third kappa shape index (κ3) is 3.19. The van der Waals surface area contributed by atoms with Crippen molar-refractivity contribution in [3.63, 3.8) is 0 Å². The molecule has 0 fully saturated rings. The molecule has 4 heteroatoms. The Balaban J connectivity index is 1.06. The molecule has 2 aliphatic rings. The first kappa shape index (κ1) is 22.6. The van der Waals surface area contributed by atoms with Crippen LogP contribution < -0.4 is 8.28 Å². The van der Waals surface area contributed by atoms with Crippen LogP contribution in [0.1, 0.15) is 11.1 Å². The van der Waals surface area contributed by atoms with Gasteiger partial charge in [0.05, 0.1) is 0 Å². The first-order valence-corrected chi connectivity index (χ1v) is 17.7. The molecule has 192 valence electrons. The van der Waals surface area contributed by atoms with Gasteiger partial charge in [-0.05, 0) is 0 Å². The first-order chi connectivity index (χ1) is 20.3. The Morgan fingerprint density at radius 2 is 0.951 bits per heavy atom. The van der Waals surface area contributed by atoms with Crippen molar-refractivity contribution >= 4 is 85.7 Å². The molecule has 10 rings (SSSR count). The molecule has 0 saturated heterocycles. The van der Waals surface area contributed by atoms with Crippen molar-refractivity contribution in [3.8, 4) is 28.0 Å². The molecule has 0 amide bonds. The van der Waals surface area contributed by atoms with Crippen LogP contribution in [0.5, 0.6) is 5.75 Å². The van der Waals surface area contributed by atoms with Crippen LogP contribution in [-0.2, 0) is 0 Å². The molecule has 0 spiro atoms. The van der Waals surface area contributed by atoms with E-state index < -0.39 is 13.8 Å². The SMILES string of the molecule is c1ccc2c(c1)sc1ccc(-c3ccc4c(c3)C3=[Se](O4)c4ccc(-c5ccc6sc7ccccc7c6c5)cc43)cc12. The Morgan fingerprint density at radius 3 is 1.61 bits per heavy atom. The molecule has 0 saturated carbocycles. The van der Waals surface area contributed by atoms with Crippen LogP contribution in [0.4, 0.5) is 0 Å². The number of hydrogen-bond donors (Lipinski definition) is 0. The summed E-state index contributed by atoms with van der Waals surface area (Å²) in [5.74, 6) is 1.04. The van der Waals surface area contributed by atoms with E-state index in [0.29, 0.717) is 0 Å². The summed E-state index contributed by atoms with van der Waals surface area (Å²) in [6.45, 7) is 0. The number of thiophene rings is 2. The van der Waals surface area contributed by atoms with Crippen LogP contribution in [0.25, 0.3) is 62.6 Å². The molecule has 0 aliphatic carbocycles. The Kier molecular flexibility index (Phi) is 4.55. The van der Waals surface area contributed by atoms with Crippen molar-refractivity contribution in [2.45, 2.75) is 0 Å². The maximum absolute atomic E-state index is 6.57. The molecule has 1 unspecified atom stereocenters. The van der Waals surface area contributed by atoms with E-state index in [4.69, 9.17) is 3.82 Å². The summed E-state index contributed by atoms with van der Waals surface area (Å²) in [4.78, 5) is 0. The number of benzene rings is 6. The van der Waals surface area contributed by atoms with E-state index in [-0.39, 0.29) is 0 Å². The molecular formula is C37H20OS2Se. The Labute approximate surface area is 248 Å². The van der Waals surface area contributed by atoms with Crippen LogP contribution in [-0.4, -0.2) is 18.2 Å². The van der Waals surface area contributed by atoms with Crippen LogP contribution in [0.15, 0.2) is 121 Å². The van der Waals surface area contributed by atoms with E-state index in [1.165, 1.54) is 82.6 Å². The monoisotopic (exact) mass is 624 g/mol. The van der Waals surface area contributed by atoms with Gasteiger partial charge in [-0.15, -0.1) is 0 Å². The molecule has 6 aromatic carbocycles. The van der Waals surface area contributed by atoms with Crippen molar-refractivity contribution in [1.29, 1.82) is 0 Å². The van der Waals surface area contributed by atoms with Crippen molar-refractivity contribution in [2.24, 2.45) is 0 Å². The zero-order chi connectivity index (χ0) is 26.7. The van der Waals surface area contributed by atoms with Crippen LogP contribution in [0.3, 0.4) is 0 Å². The Morgan fingerprint density at radius 1 is 0.439 bits per heavy atom. The predicted molar refractivity (Wildman–Crippen MR) is 179 cm³/mol. The van der Waals surface area contributed by atoms with E-state index in [1.54, 1.807) is 0 Å². The fourth-order valence-corrected chi connectivity index (χ4v) is 12.4. The third-order valence-corrected chi connectivity index (χ3v) is 14.7. The molecule has 8 aromatic rings. The van der Waals surface area contributed by atoms with E-state index >= 15 is 0 Å². The van der Waals surface area contributed by atoms with Gasteiger partial charge in [-0.3, -0.25) is 0 Å². The predicted octanol–water partition coefficient (Wildman–Crippen LogP) is 9.51. The van der Waals surface area contributed by atoms with Gasteiger partial charge < -0.3 is 0 Å². The molecule has 0 bridgehead atoms. The molecule has 2 aromatic heterocycles. The van der Waals surface area contributed by atoms with Gasteiger partial charge in [0.15, 0.2) is 0 Å². The normalized spacial score (nSPS) is 15.2.